The Morgan fingerprint density at radius 2 is 2.05 bits per heavy atom. The lowest BCUT2D eigenvalue weighted by Gasteiger charge is -2.13. The van der Waals surface area contributed by atoms with Crippen LogP contribution in [-0.4, -0.2) is 10.1 Å². The molecular formula is C15H18N2O2. The lowest BCUT2D eigenvalue weighted by molar-refractivity contribution is 0.281. The third-order valence-electron chi connectivity index (χ3n) is 2.93. The van der Waals surface area contributed by atoms with Crippen LogP contribution < -0.4 is 10.5 Å². The summed E-state index contributed by atoms with van der Waals surface area (Å²) in [6.45, 7) is 4.22. The SMILES string of the molecule is Cc1cc(Oc2cccc(CO)c2)c(CN)c(C)n1. The van der Waals surface area contributed by atoms with Crippen molar-refractivity contribution in [2.45, 2.75) is 27.0 Å². The molecule has 0 aliphatic rings. The van der Waals surface area contributed by atoms with E-state index in [1.165, 1.54) is 0 Å². The molecule has 0 aliphatic heterocycles. The van der Waals surface area contributed by atoms with Gasteiger partial charge in [-0.25, -0.2) is 0 Å². The van der Waals surface area contributed by atoms with Crippen molar-refractivity contribution in [2.24, 2.45) is 5.73 Å². The van der Waals surface area contributed by atoms with E-state index in [2.05, 4.69) is 4.98 Å². The maximum Gasteiger partial charge on any atom is 0.135 e. The number of aliphatic hydroxyl groups excluding tert-OH is 1. The van der Waals surface area contributed by atoms with E-state index >= 15 is 0 Å². The van der Waals surface area contributed by atoms with Gasteiger partial charge in [0.1, 0.15) is 11.5 Å². The quantitative estimate of drug-likeness (QED) is 0.883. The Hall–Kier alpha value is -1.91. The highest BCUT2D eigenvalue weighted by molar-refractivity contribution is 5.41. The van der Waals surface area contributed by atoms with Gasteiger partial charge < -0.3 is 15.6 Å². The van der Waals surface area contributed by atoms with Gasteiger partial charge in [0.15, 0.2) is 0 Å². The predicted octanol–water partition coefficient (Wildman–Crippen LogP) is 2.44. The second-order valence-electron chi connectivity index (χ2n) is 4.44. The standard InChI is InChI=1S/C15H18N2O2/c1-10-6-15(14(8-16)11(2)17-10)19-13-5-3-4-12(7-13)9-18/h3-7,18H,8-9,16H2,1-2H3. The van der Waals surface area contributed by atoms with Crippen LogP contribution in [0.15, 0.2) is 30.3 Å². The fourth-order valence-electron chi connectivity index (χ4n) is 1.99. The number of ether oxygens (including phenoxy) is 1. The van der Waals surface area contributed by atoms with Crippen LogP contribution >= 0.6 is 0 Å². The first kappa shape index (κ1) is 13.5. The predicted molar refractivity (Wildman–Crippen MR) is 74.0 cm³/mol. The van der Waals surface area contributed by atoms with Crippen LogP contribution in [0.4, 0.5) is 0 Å². The van der Waals surface area contributed by atoms with Gasteiger partial charge in [-0.3, -0.25) is 4.98 Å². The molecule has 0 fully saturated rings. The smallest absolute Gasteiger partial charge is 0.135 e. The normalized spacial score (nSPS) is 10.5. The van der Waals surface area contributed by atoms with Crippen molar-refractivity contribution in [1.29, 1.82) is 0 Å². The fourth-order valence-corrected chi connectivity index (χ4v) is 1.99. The molecule has 1 aromatic carbocycles. The van der Waals surface area contributed by atoms with E-state index < -0.39 is 0 Å². The van der Waals surface area contributed by atoms with Crippen molar-refractivity contribution in [3.63, 3.8) is 0 Å². The fraction of sp³-hybridized carbons (Fsp3) is 0.267. The van der Waals surface area contributed by atoms with Gasteiger partial charge in [0.2, 0.25) is 0 Å². The van der Waals surface area contributed by atoms with Crippen LogP contribution in [0.25, 0.3) is 0 Å². The van der Waals surface area contributed by atoms with Gasteiger partial charge in [-0.2, -0.15) is 0 Å². The minimum absolute atomic E-state index is 0.00462. The lowest BCUT2D eigenvalue weighted by atomic mass is 10.1. The van der Waals surface area contributed by atoms with Crippen LogP contribution in [-0.2, 0) is 13.2 Å². The molecular weight excluding hydrogens is 240 g/mol. The summed E-state index contributed by atoms with van der Waals surface area (Å²) in [5, 5.41) is 9.13. The van der Waals surface area contributed by atoms with Gasteiger partial charge in [-0.1, -0.05) is 12.1 Å². The Bertz CT molecular complexity index is 582. The lowest BCUT2D eigenvalue weighted by Crippen LogP contribution is -2.05. The van der Waals surface area contributed by atoms with Crippen LogP contribution in [0.1, 0.15) is 22.5 Å². The molecule has 100 valence electrons. The second-order valence-corrected chi connectivity index (χ2v) is 4.44. The molecule has 4 nitrogen and oxygen atoms in total. The zero-order chi connectivity index (χ0) is 13.8. The van der Waals surface area contributed by atoms with Crippen molar-refractivity contribution in [3.05, 3.63) is 52.8 Å². The number of aliphatic hydroxyl groups is 1. The molecule has 0 saturated carbocycles. The van der Waals surface area contributed by atoms with Gasteiger partial charge in [0, 0.05) is 29.6 Å². The molecule has 1 heterocycles. The molecule has 0 unspecified atom stereocenters. The Kier molecular flexibility index (Phi) is 4.14. The molecule has 19 heavy (non-hydrogen) atoms. The molecule has 0 aliphatic carbocycles. The minimum Gasteiger partial charge on any atom is -0.457 e. The highest BCUT2D eigenvalue weighted by Crippen LogP contribution is 2.28. The first-order chi connectivity index (χ1) is 9.13. The van der Waals surface area contributed by atoms with E-state index in [-0.39, 0.29) is 6.61 Å². The summed E-state index contributed by atoms with van der Waals surface area (Å²) in [6, 6.07) is 9.24. The molecule has 0 saturated heterocycles. The third kappa shape index (κ3) is 3.10. The molecule has 0 bridgehead atoms. The Morgan fingerprint density at radius 3 is 2.74 bits per heavy atom. The van der Waals surface area contributed by atoms with Gasteiger partial charge in [0.05, 0.1) is 6.61 Å². The number of rotatable bonds is 4. The first-order valence-electron chi connectivity index (χ1n) is 6.19. The minimum atomic E-state index is -0.00462. The Labute approximate surface area is 112 Å². The number of hydrogen-bond acceptors (Lipinski definition) is 4. The van der Waals surface area contributed by atoms with Gasteiger partial charge in [-0.05, 0) is 31.5 Å². The van der Waals surface area contributed by atoms with Gasteiger partial charge >= 0.3 is 0 Å². The van der Waals surface area contributed by atoms with Crippen LogP contribution in [0.3, 0.4) is 0 Å². The average molecular weight is 258 g/mol. The van der Waals surface area contributed by atoms with Crippen molar-refractivity contribution in [1.82, 2.24) is 4.98 Å². The molecule has 2 aromatic rings. The van der Waals surface area contributed by atoms with Crippen molar-refractivity contribution < 1.29 is 9.84 Å². The van der Waals surface area contributed by atoms with E-state index in [0.717, 1.165) is 28.3 Å². The maximum absolute atomic E-state index is 9.13. The summed E-state index contributed by atoms with van der Waals surface area (Å²) in [5.74, 6) is 1.41. The average Bonchev–Trinajstić information content (AvgIpc) is 2.38. The maximum atomic E-state index is 9.13. The molecule has 0 radical (unpaired) electrons. The zero-order valence-corrected chi connectivity index (χ0v) is 11.2. The van der Waals surface area contributed by atoms with Crippen molar-refractivity contribution in [3.8, 4) is 11.5 Å². The van der Waals surface area contributed by atoms with Crippen LogP contribution in [0, 0.1) is 13.8 Å². The number of nitrogens with zero attached hydrogens (tertiary/aromatic N) is 1. The van der Waals surface area contributed by atoms with E-state index in [9.17, 15) is 0 Å². The van der Waals surface area contributed by atoms with Crippen molar-refractivity contribution >= 4 is 0 Å². The number of aromatic nitrogens is 1. The van der Waals surface area contributed by atoms with E-state index in [0.29, 0.717) is 12.3 Å². The summed E-state index contributed by atoms with van der Waals surface area (Å²) in [4.78, 5) is 4.38. The number of aryl methyl sites for hydroxylation is 2. The highest BCUT2D eigenvalue weighted by Gasteiger charge is 2.09. The Morgan fingerprint density at radius 1 is 1.26 bits per heavy atom. The van der Waals surface area contributed by atoms with Crippen LogP contribution in [0.2, 0.25) is 0 Å². The summed E-state index contributed by atoms with van der Waals surface area (Å²) < 4.78 is 5.87. The Balaban J connectivity index is 2.36. The summed E-state index contributed by atoms with van der Waals surface area (Å²) in [5.41, 5.74) is 9.24. The van der Waals surface area contributed by atoms with E-state index in [4.69, 9.17) is 15.6 Å². The number of benzene rings is 1. The van der Waals surface area contributed by atoms with Crippen LogP contribution in [0.5, 0.6) is 11.5 Å². The number of pyridine rings is 1. The molecule has 4 heteroatoms. The molecule has 3 N–H and O–H groups in total. The molecule has 1 aromatic heterocycles. The monoisotopic (exact) mass is 258 g/mol. The number of hydrogen-bond donors (Lipinski definition) is 2. The van der Waals surface area contributed by atoms with Crippen molar-refractivity contribution in [2.75, 3.05) is 0 Å². The summed E-state index contributed by atoms with van der Waals surface area (Å²) in [7, 11) is 0. The third-order valence-corrected chi connectivity index (χ3v) is 2.93. The second kappa shape index (κ2) is 5.82. The molecule has 0 amide bonds. The number of nitrogens with two attached hydrogens (primary N) is 1. The molecule has 0 atom stereocenters. The largest absolute Gasteiger partial charge is 0.457 e. The first-order valence-corrected chi connectivity index (χ1v) is 6.19. The topological polar surface area (TPSA) is 68.4 Å². The zero-order valence-electron chi connectivity index (χ0n) is 11.2. The molecule has 2 rings (SSSR count). The van der Waals surface area contributed by atoms with Gasteiger partial charge in [-0.15, -0.1) is 0 Å². The van der Waals surface area contributed by atoms with E-state index in [1.54, 1.807) is 0 Å². The highest BCUT2D eigenvalue weighted by atomic mass is 16.5. The van der Waals surface area contributed by atoms with E-state index in [1.807, 2.05) is 44.2 Å². The summed E-state index contributed by atoms with van der Waals surface area (Å²) >= 11 is 0. The summed E-state index contributed by atoms with van der Waals surface area (Å²) in [6.07, 6.45) is 0. The van der Waals surface area contributed by atoms with Gasteiger partial charge in [0.25, 0.3) is 0 Å². The molecule has 0 spiro atoms.